The largest absolute Gasteiger partial charge is 0.366 e. The average molecular weight is 209 g/mol. The van der Waals surface area contributed by atoms with Crippen molar-refractivity contribution >= 4 is 5.82 Å². The molecule has 3 heteroatoms. The first kappa shape index (κ1) is 12.1. The van der Waals surface area contributed by atoms with Gasteiger partial charge in [-0.1, -0.05) is 20.8 Å². The van der Waals surface area contributed by atoms with Crippen molar-refractivity contribution in [3.63, 3.8) is 0 Å². The minimum atomic E-state index is 0.0724. The minimum absolute atomic E-state index is 0.0724. The van der Waals surface area contributed by atoms with E-state index in [1.54, 1.807) is 0 Å². The first-order chi connectivity index (χ1) is 6.59. The summed E-state index contributed by atoms with van der Waals surface area (Å²) >= 11 is 0. The summed E-state index contributed by atoms with van der Waals surface area (Å²) in [5, 5.41) is 7.96. The molecule has 0 saturated carbocycles. The molecule has 0 aromatic carbocycles. The molecule has 0 saturated heterocycles. The van der Waals surface area contributed by atoms with Gasteiger partial charge in [-0.3, -0.25) is 4.68 Å². The topological polar surface area (TPSA) is 29.9 Å². The van der Waals surface area contributed by atoms with Gasteiger partial charge in [0.2, 0.25) is 0 Å². The molecule has 1 rings (SSSR count). The van der Waals surface area contributed by atoms with Crippen molar-refractivity contribution in [2.24, 2.45) is 7.05 Å². The fourth-order valence-electron chi connectivity index (χ4n) is 1.33. The molecule has 86 valence electrons. The summed E-state index contributed by atoms with van der Waals surface area (Å²) in [6.45, 7) is 13.0. The molecular formula is C12H23N3. The first-order valence-electron chi connectivity index (χ1n) is 5.42. The maximum absolute atomic E-state index is 4.52. The van der Waals surface area contributed by atoms with Gasteiger partial charge in [0.15, 0.2) is 0 Å². The third-order valence-corrected chi connectivity index (χ3v) is 2.15. The van der Waals surface area contributed by atoms with Crippen LogP contribution >= 0.6 is 0 Å². The Morgan fingerprint density at radius 1 is 1.13 bits per heavy atom. The summed E-state index contributed by atoms with van der Waals surface area (Å²) in [6.07, 6.45) is 0. The van der Waals surface area contributed by atoms with Crippen LogP contribution < -0.4 is 5.32 Å². The van der Waals surface area contributed by atoms with Crippen LogP contribution in [0.1, 0.15) is 47.2 Å². The molecular weight excluding hydrogens is 186 g/mol. The smallest absolute Gasteiger partial charge is 0.124 e. The fourth-order valence-corrected chi connectivity index (χ4v) is 1.33. The molecule has 0 aliphatic heterocycles. The highest BCUT2D eigenvalue weighted by Crippen LogP contribution is 2.24. The number of nitrogens with zero attached hydrogens (tertiary/aromatic N) is 2. The van der Waals surface area contributed by atoms with Crippen molar-refractivity contribution < 1.29 is 0 Å². The molecule has 0 amide bonds. The van der Waals surface area contributed by atoms with Crippen LogP contribution in [-0.2, 0) is 12.5 Å². The molecule has 0 spiro atoms. The van der Waals surface area contributed by atoms with Crippen molar-refractivity contribution in [1.29, 1.82) is 0 Å². The van der Waals surface area contributed by atoms with E-state index < -0.39 is 0 Å². The van der Waals surface area contributed by atoms with E-state index >= 15 is 0 Å². The second kappa shape index (κ2) is 3.54. The summed E-state index contributed by atoms with van der Waals surface area (Å²) in [7, 11) is 1.98. The Balaban J connectivity index is 2.97. The zero-order chi connectivity index (χ0) is 11.9. The lowest BCUT2D eigenvalue weighted by molar-refractivity contribution is 0.552. The van der Waals surface area contributed by atoms with Crippen LogP contribution in [0.25, 0.3) is 0 Å². The SMILES string of the molecule is Cn1nc(C(C)(C)C)cc1NC(C)(C)C. The van der Waals surface area contributed by atoms with Crippen LogP contribution in [0.4, 0.5) is 5.82 Å². The van der Waals surface area contributed by atoms with Crippen LogP contribution in [0.15, 0.2) is 6.07 Å². The van der Waals surface area contributed by atoms with Gasteiger partial charge in [-0.05, 0) is 20.8 Å². The zero-order valence-corrected chi connectivity index (χ0v) is 11.0. The standard InChI is InChI=1S/C12H23N3/c1-11(2,3)9-8-10(15(7)14-9)13-12(4,5)6/h8,13H,1-7H3. The Morgan fingerprint density at radius 2 is 1.67 bits per heavy atom. The van der Waals surface area contributed by atoms with E-state index in [0.29, 0.717) is 0 Å². The summed E-state index contributed by atoms with van der Waals surface area (Å²) in [6, 6.07) is 2.13. The van der Waals surface area contributed by atoms with Gasteiger partial charge in [0, 0.05) is 24.1 Å². The molecule has 0 bridgehead atoms. The average Bonchev–Trinajstić information content (AvgIpc) is 2.27. The molecule has 1 aromatic heterocycles. The van der Waals surface area contributed by atoms with Crippen LogP contribution in [-0.4, -0.2) is 15.3 Å². The van der Waals surface area contributed by atoms with Gasteiger partial charge in [0.1, 0.15) is 5.82 Å². The summed E-state index contributed by atoms with van der Waals surface area (Å²) < 4.78 is 1.91. The molecule has 1 aromatic rings. The molecule has 1 heterocycles. The third-order valence-electron chi connectivity index (χ3n) is 2.15. The normalized spacial score (nSPS) is 13.0. The Kier molecular flexibility index (Phi) is 2.85. The maximum atomic E-state index is 4.52. The van der Waals surface area contributed by atoms with Crippen molar-refractivity contribution in [2.45, 2.75) is 52.5 Å². The number of hydrogen-bond acceptors (Lipinski definition) is 2. The van der Waals surface area contributed by atoms with Gasteiger partial charge in [-0.25, -0.2) is 0 Å². The quantitative estimate of drug-likeness (QED) is 0.770. The number of hydrogen-bond donors (Lipinski definition) is 1. The van der Waals surface area contributed by atoms with E-state index in [1.165, 1.54) is 0 Å². The van der Waals surface area contributed by atoms with Crippen LogP contribution in [0, 0.1) is 0 Å². The third kappa shape index (κ3) is 3.26. The first-order valence-corrected chi connectivity index (χ1v) is 5.42. The lowest BCUT2D eigenvalue weighted by Crippen LogP contribution is -2.27. The van der Waals surface area contributed by atoms with Gasteiger partial charge in [-0.2, -0.15) is 5.10 Å². The predicted octanol–water partition coefficient (Wildman–Crippen LogP) is 2.93. The summed E-state index contributed by atoms with van der Waals surface area (Å²) in [5.74, 6) is 1.08. The molecule has 3 nitrogen and oxygen atoms in total. The lowest BCUT2D eigenvalue weighted by Gasteiger charge is -2.21. The molecule has 0 unspecified atom stereocenters. The van der Waals surface area contributed by atoms with E-state index in [9.17, 15) is 0 Å². The highest BCUT2D eigenvalue weighted by atomic mass is 15.3. The Labute approximate surface area is 92.9 Å². The van der Waals surface area contributed by atoms with Gasteiger partial charge < -0.3 is 5.32 Å². The zero-order valence-electron chi connectivity index (χ0n) is 11.0. The van der Waals surface area contributed by atoms with Gasteiger partial charge in [0.25, 0.3) is 0 Å². The van der Waals surface area contributed by atoms with Crippen molar-refractivity contribution in [3.8, 4) is 0 Å². The van der Waals surface area contributed by atoms with Crippen molar-refractivity contribution in [1.82, 2.24) is 9.78 Å². The number of aromatic nitrogens is 2. The van der Waals surface area contributed by atoms with Crippen molar-refractivity contribution in [2.75, 3.05) is 5.32 Å². The molecule has 15 heavy (non-hydrogen) atoms. The van der Waals surface area contributed by atoms with Crippen molar-refractivity contribution in [3.05, 3.63) is 11.8 Å². The highest BCUT2D eigenvalue weighted by Gasteiger charge is 2.20. The molecule has 0 atom stereocenters. The fraction of sp³-hybridized carbons (Fsp3) is 0.750. The predicted molar refractivity (Wildman–Crippen MR) is 65.3 cm³/mol. The summed E-state index contributed by atoms with van der Waals surface area (Å²) in [5.41, 5.74) is 1.30. The van der Waals surface area contributed by atoms with Crippen LogP contribution in [0.2, 0.25) is 0 Å². The Hall–Kier alpha value is -0.990. The monoisotopic (exact) mass is 209 g/mol. The summed E-state index contributed by atoms with van der Waals surface area (Å²) in [4.78, 5) is 0. The molecule has 0 fully saturated rings. The number of aryl methyl sites for hydroxylation is 1. The highest BCUT2D eigenvalue weighted by molar-refractivity contribution is 5.40. The molecule has 1 N–H and O–H groups in total. The minimum Gasteiger partial charge on any atom is -0.366 e. The van der Waals surface area contributed by atoms with Gasteiger partial charge >= 0.3 is 0 Å². The van der Waals surface area contributed by atoms with E-state index in [2.05, 4.69) is 58.0 Å². The maximum Gasteiger partial charge on any atom is 0.124 e. The molecule has 0 aliphatic carbocycles. The van der Waals surface area contributed by atoms with Crippen LogP contribution in [0.3, 0.4) is 0 Å². The second-order valence-corrected chi connectivity index (χ2v) is 6.16. The van der Waals surface area contributed by atoms with Gasteiger partial charge in [0.05, 0.1) is 5.69 Å². The van der Waals surface area contributed by atoms with E-state index in [0.717, 1.165) is 11.5 Å². The number of nitrogens with one attached hydrogen (secondary N) is 1. The Morgan fingerprint density at radius 3 is 2.00 bits per heavy atom. The second-order valence-electron chi connectivity index (χ2n) is 6.16. The Bertz CT molecular complexity index is 337. The lowest BCUT2D eigenvalue weighted by atomic mass is 9.92. The van der Waals surface area contributed by atoms with E-state index in [-0.39, 0.29) is 11.0 Å². The van der Waals surface area contributed by atoms with E-state index in [4.69, 9.17) is 0 Å². The molecule has 0 radical (unpaired) electrons. The number of rotatable bonds is 1. The van der Waals surface area contributed by atoms with Crippen LogP contribution in [0.5, 0.6) is 0 Å². The van der Waals surface area contributed by atoms with Gasteiger partial charge in [-0.15, -0.1) is 0 Å². The molecule has 0 aliphatic rings. The number of anilines is 1. The van der Waals surface area contributed by atoms with E-state index in [1.807, 2.05) is 11.7 Å².